The largest absolute Gasteiger partial charge is 0.497 e. The molecule has 3 rings (SSSR count). The monoisotopic (exact) mass is 462 g/mol. The SMILES string of the molecule is COc1cccc(NC(=O)C(Sc2ccc(NC(=O)/C=C/C(=O)O)cc2)c2ccccc2)c1. The first-order valence-corrected chi connectivity index (χ1v) is 10.8. The van der Waals surface area contributed by atoms with Crippen molar-refractivity contribution in [1.82, 2.24) is 0 Å². The second-order valence-corrected chi connectivity index (χ2v) is 7.99. The third kappa shape index (κ3) is 7.26. The molecule has 0 saturated carbocycles. The standard InChI is InChI=1S/C25H22N2O5S/c1-32-20-9-5-8-19(16-20)27-25(31)24(17-6-3-2-4-7-17)33-21-12-10-18(11-13-21)26-22(28)14-15-23(29)30/h2-16,24H,1H3,(H,26,28)(H,27,31)(H,29,30)/b15-14+. The Kier molecular flexibility index (Phi) is 8.26. The summed E-state index contributed by atoms with van der Waals surface area (Å²) in [5, 5.41) is 13.6. The van der Waals surface area contributed by atoms with Crippen molar-refractivity contribution >= 4 is 40.9 Å². The second-order valence-electron chi connectivity index (χ2n) is 6.81. The van der Waals surface area contributed by atoms with E-state index in [1.807, 2.05) is 30.3 Å². The van der Waals surface area contributed by atoms with Crippen LogP contribution in [0, 0.1) is 0 Å². The van der Waals surface area contributed by atoms with Crippen molar-refractivity contribution in [3.63, 3.8) is 0 Å². The number of carboxylic acids is 1. The van der Waals surface area contributed by atoms with Gasteiger partial charge in [-0.3, -0.25) is 9.59 Å². The number of benzene rings is 3. The lowest BCUT2D eigenvalue weighted by molar-refractivity contribution is -0.131. The number of nitrogens with one attached hydrogen (secondary N) is 2. The predicted molar refractivity (Wildman–Crippen MR) is 129 cm³/mol. The van der Waals surface area contributed by atoms with Gasteiger partial charge < -0.3 is 20.5 Å². The number of hydrogen-bond acceptors (Lipinski definition) is 5. The molecule has 3 aromatic rings. The summed E-state index contributed by atoms with van der Waals surface area (Å²) in [7, 11) is 1.57. The molecule has 0 aliphatic heterocycles. The van der Waals surface area contributed by atoms with Crippen LogP contribution in [-0.2, 0) is 14.4 Å². The van der Waals surface area contributed by atoms with Crippen molar-refractivity contribution < 1.29 is 24.2 Å². The van der Waals surface area contributed by atoms with Crippen LogP contribution in [0.4, 0.5) is 11.4 Å². The van der Waals surface area contributed by atoms with Crippen LogP contribution in [0.2, 0.25) is 0 Å². The van der Waals surface area contributed by atoms with Gasteiger partial charge in [-0.15, -0.1) is 11.8 Å². The third-order valence-corrected chi connectivity index (χ3v) is 5.70. The normalized spacial score (nSPS) is 11.5. The summed E-state index contributed by atoms with van der Waals surface area (Å²) in [5.74, 6) is -1.28. The van der Waals surface area contributed by atoms with Gasteiger partial charge >= 0.3 is 5.97 Å². The number of carboxylic acid groups (broad SMARTS) is 1. The molecule has 2 amide bonds. The zero-order valence-corrected chi connectivity index (χ0v) is 18.5. The lowest BCUT2D eigenvalue weighted by atomic mass is 10.1. The van der Waals surface area contributed by atoms with Crippen molar-refractivity contribution in [2.45, 2.75) is 10.1 Å². The van der Waals surface area contributed by atoms with Gasteiger partial charge in [0.25, 0.3) is 0 Å². The number of ether oxygens (including phenoxy) is 1. The summed E-state index contributed by atoms with van der Waals surface area (Å²) in [6.07, 6.45) is 1.71. The van der Waals surface area contributed by atoms with E-state index in [9.17, 15) is 14.4 Å². The van der Waals surface area contributed by atoms with Gasteiger partial charge in [0.1, 0.15) is 11.0 Å². The van der Waals surface area contributed by atoms with Crippen LogP contribution in [0.15, 0.2) is 95.9 Å². The molecule has 1 atom stereocenters. The number of carbonyl (C=O) groups is 3. The molecule has 0 aromatic heterocycles. The molecule has 0 bridgehead atoms. The van der Waals surface area contributed by atoms with E-state index >= 15 is 0 Å². The maximum absolute atomic E-state index is 13.2. The first-order chi connectivity index (χ1) is 15.9. The topological polar surface area (TPSA) is 105 Å². The molecule has 0 fully saturated rings. The van der Waals surface area contributed by atoms with E-state index in [1.54, 1.807) is 55.6 Å². The highest BCUT2D eigenvalue weighted by atomic mass is 32.2. The Balaban J connectivity index is 1.74. The van der Waals surface area contributed by atoms with Gasteiger partial charge in [0.15, 0.2) is 0 Å². The average molecular weight is 463 g/mol. The second kappa shape index (κ2) is 11.5. The van der Waals surface area contributed by atoms with Gasteiger partial charge in [0.2, 0.25) is 11.8 Å². The van der Waals surface area contributed by atoms with E-state index in [0.29, 0.717) is 17.1 Å². The Morgan fingerprint density at radius 1 is 0.879 bits per heavy atom. The number of methoxy groups -OCH3 is 1. The van der Waals surface area contributed by atoms with Gasteiger partial charge in [-0.2, -0.15) is 0 Å². The van der Waals surface area contributed by atoms with Gasteiger partial charge in [0, 0.05) is 34.5 Å². The Bertz CT molecular complexity index is 1150. The average Bonchev–Trinajstić information content (AvgIpc) is 2.83. The molecule has 3 aromatic carbocycles. The van der Waals surface area contributed by atoms with Crippen LogP contribution in [0.25, 0.3) is 0 Å². The van der Waals surface area contributed by atoms with E-state index in [4.69, 9.17) is 9.84 Å². The molecule has 3 N–H and O–H groups in total. The molecule has 0 spiro atoms. The Labute approximate surface area is 195 Å². The van der Waals surface area contributed by atoms with Gasteiger partial charge in [-0.05, 0) is 42.0 Å². The number of carbonyl (C=O) groups excluding carboxylic acids is 2. The molecule has 0 heterocycles. The highest BCUT2D eigenvalue weighted by Gasteiger charge is 2.22. The van der Waals surface area contributed by atoms with Crippen LogP contribution in [0.3, 0.4) is 0 Å². The molecule has 0 aliphatic carbocycles. The first-order valence-electron chi connectivity index (χ1n) is 9.93. The number of rotatable bonds is 9. The quantitative estimate of drug-likeness (QED) is 0.313. The van der Waals surface area contributed by atoms with Gasteiger partial charge in [0.05, 0.1) is 7.11 Å². The smallest absolute Gasteiger partial charge is 0.328 e. The third-order valence-electron chi connectivity index (χ3n) is 4.43. The van der Waals surface area contributed by atoms with Crippen LogP contribution in [0.5, 0.6) is 5.75 Å². The van der Waals surface area contributed by atoms with Gasteiger partial charge in [-0.1, -0.05) is 36.4 Å². The zero-order chi connectivity index (χ0) is 23.6. The molecular formula is C25H22N2O5S. The van der Waals surface area contributed by atoms with E-state index in [2.05, 4.69) is 10.6 Å². The maximum Gasteiger partial charge on any atom is 0.328 e. The molecule has 0 aliphatic rings. The minimum absolute atomic E-state index is 0.185. The van der Waals surface area contributed by atoms with Crippen LogP contribution in [-0.4, -0.2) is 30.0 Å². The van der Waals surface area contributed by atoms with Crippen LogP contribution >= 0.6 is 11.8 Å². The lowest BCUT2D eigenvalue weighted by Crippen LogP contribution is -2.19. The number of aliphatic carboxylic acids is 1. The van der Waals surface area contributed by atoms with Crippen LogP contribution < -0.4 is 15.4 Å². The lowest BCUT2D eigenvalue weighted by Gasteiger charge is -2.17. The highest BCUT2D eigenvalue weighted by Crippen LogP contribution is 2.37. The molecule has 7 nitrogen and oxygen atoms in total. The number of thioether (sulfide) groups is 1. The summed E-state index contributed by atoms with van der Waals surface area (Å²) < 4.78 is 5.22. The van der Waals surface area contributed by atoms with E-state index in [-0.39, 0.29) is 5.91 Å². The fourth-order valence-electron chi connectivity index (χ4n) is 2.89. The first kappa shape index (κ1) is 23.6. The minimum Gasteiger partial charge on any atom is -0.497 e. The Morgan fingerprint density at radius 2 is 1.61 bits per heavy atom. The van der Waals surface area contributed by atoms with Gasteiger partial charge in [-0.25, -0.2) is 4.79 Å². The fraction of sp³-hybridized carbons (Fsp3) is 0.0800. The summed E-state index contributed by atoms with van der Waals surface area (Å²) in [4.78, 5) is 36.3. The zero-order valence-electron chi connectivity index (χ0n) is 17.7. The summed E-state index contributed by atoms with van der Waals surface area (Å²) in [5.41, 5.74) is 1.99. The molecule has 8 heteroatoms. The maximum atomic E-state index is 13.2. The Hall–Kier alpha value is -4.04. The van der Waals surface area contributed by atoms with Crippen molar-refractivity contribution in [2.75, 3.05) is 17.7 Å². The number of anilines is 2. The Morgan fingerprint density at radius 3 is 2.27 bits per heavy atom. The minimum atomic E-state index is -1.20. The number of hydrogen-bond donors (Lipinski definition) is 3. The molecular weight excluding hydrogens is 440 g/mol. The number of amides is 2. The molecule has 168 valence electrons. The van der Waals surface area contributed by atoms with Crippen molar-refractivity contribution in [2.24, 2.45) is 0 Å². The predicted octanol–water partition coefficient (Wildman–Crippen LogP) is 4.75. The summed E-state index contributed by atoms with van der Waals surface area (Å²) in [6.45, 7) is 0. The molecule has 1 unspecified atom stereocenters. The fourth-order valence-corrected chi connectivity index (χ4v) is 3.92. The van der Waals surface area contributed by atoms with E-state index < -0.39 is 17.1 Å². The molecule has 0 radical (unpaired) electrons. The van der Waals surface area contributed by atoms with Crippen molar-refractivity contribution in [3.8, 4) is 5.75 Å². The van der Waals surface area contributed by atoms with E-state index in [0.717, 1.165) is 22.6 Å². The molecule has 33 heavy (non-hydrogen) atoms. The van der Waals surface area contributed by atoms with E-state index in [1.165, 1.54) is 11.8 Å². The molecule has 0 saturated heterocycles. The van der Waals surface area contributed by atoms with Crippen molar-refractivity contribution in [1.29, 1.82) is 0 Å². The van der Waals surface area contributed by atoms with Crippen molar-refractivity contribution in [3.05, 3.63) is 96.6 Å². The summed E-state index contributed by atoms with van der Waals surface area (Å²) >= 11 is 1.37. The van der Waals surface area contributed by atoms with Crippen LogP contribution in [0.1, 0.15) is 10.8 Å². The summed E-state index contributed by atoms with van der Waals surface area (Å²) in [6, 6.07) is 23.6. The highest BCUT2D eigenvalue weighted by molar-refractivity contribution is 8.00.